The average Bonchev–Trinajstić information content (AvgIpc) is 2.99. The number of aromatic nitrogens is 2. The molecule has 1 aromatic heterocycles. The minimum Gasteiger partial charge on any atom is -0.497 e. The van der Waals surface area contributed by atoms with Crippen LogP contribution in [0.15, 0.2) is 24.3 Å². The molecular formula is C24H34N4O3. The first-order valence-corrected chi connectivity index (χ1v) is 11.5. The molecule has 31 heavy (non-hydrogen) atoms. The summed E-state index contributed by atoms with van der Waals surface area (Å²) in [5, 5.41) is 4.87. The van der Waals surface area contributed by atoms with Gasteiger partial charge in [0.05, 0.1) is 26.0 Å². The maximum absolute atomic E-state index is 12.8. The van der Waals surface area contributed by atoms with Crippen LogP contribution < -0.4 is 4.74 Å². The zero-order chi connectivity index (χ0) is 21.6. The van der Waals surface area contributed by atoms with Gasteiger partial charge in [0.25, 0.3) is 0 Å². The molecule has 0 N–H and O–H groups in total. The summed E-state index contributed by atoms with van der Waals surface area (Å²) in [5.74, 6) is 1.08. The molecule has 7 nitrogen and oxygen atoms in total. The number of benzene rings is 1. The maximum atomic E-state index is 12.8. The molecule has 2 aromatic rings. The topological polar surface area (TPSA) is 59.8 Å². The van der Waals surface area contributed by atoms with E-state index in [1.807, 2.05) is 23.1 Å². The molecule has 1 aromatic carbocycles. The van der Waals surface area contributed by atoms with Crippen LogP contribution in [0.5, 0.6) is 5.75 Å². The zero-order valence-electron chi connectivity index (χ0n) is 18.8. The van der Waals surface area contributed by atoms with Crippen molar-refractivity contribution in [2.75, 3.05) is 39.9 Å². The number of nitrogens with zero attached hydrogens (tertiary/aromatic N) is 4. The van der Waals surface area contributed by atoms with Crippen molar-refractivity contribution in [1.29, 1.82) is 0 Å². The summed E-state index contributed by atoms with van der Waals surface area (Å²) in [6.45, 7) is 8.84. The molecule has 0 unspecified atom stereocenters. The Labute approximate surface area is 184 Å². The van der Waals surface area contributed by atoms with Crippen molar-refractivity contribution >= 4 is 5.91 Å². The quantitative estimate of drug-likeness (QED) is 0.681. The van der Waals surface area contributed by atoms with Gasteiger partial charge < -0.3 is 14.4 Å². The van der Waals surface area contributed by atoms with E-state index in [0.29, 0.717) is 13.0 Å². The Balaban J connectivity index is 1.31. The molecule has 0 saturated carbocycles. The van der Waals surface area contributed by atoms with E-state index in [9.17, 15) is 4.79 Å². The summed E-state index contributed by atoms with van der Waals surface area (Å²) in [5.41, 5.74) is 4.91. The standard InChI is InChI=1S/C24H34N4O3/c1-3-28-23-10-15-31-18-21(23)22(25-28)17-26-11-5-12-27(14-13-26)24(29)9-8-19-6-4-7-20(16-19)30-2/h4,6-7,16H,3,5,8-15,17-18H2,1-2H3. The summed E-state index contributed by atoms with van der Waals surface area (Å²) in [6, 6.07) is 7.98. The smallest absolute Gasteiger partial charge is 0.222 e. The predicted octanol–water partition coefficient (Wildman–Crippen LogP) is 2.65. The van der Waals surface area contributed by atoms with E-state index in [0.717, 1.165) is 82.1 Å². The van der Waals surface area contributed by atoms with Crippen molar-refractivity contribution in [3.05, 3.63) is 46.8 Å². The van der Waals surface area contributed by atoms with Crippen LogP contribution in [0.3, 0.4) is 0 Å². The van der Waals surface area contributed by atoms with Crippen LogP contribution in [0, 0.1) is 0 Å². The molecule has 0 radical (unpaired) electrons. The van der Waals surface area contributed by atoms with Gasteiger partial charge in [-0.1, -0.05) is 12.1 Å². The molecule has 168 valence electrons. The molecule has 0 atom stereocenters. The van der Waals surface area contributed by atoms with Crippen LogP contribution in [-0.4, -0.2) is 65.4 Å². The summed E-state index contributed by atoms with van der Waals surface area (Å²) in [4.78, 5) is 17.3. The van der Waals surface area contributed by atoms with Crippen molar-refractivity contribution in [2.45, 2.75) is 52.3 Å². The molecule has 1 saturated heterocycles. The van der Waals surface area contributed by atoms with Crippen molar-refractivity contribution in [3.8, 4) is 5.75 Å². The monoisotopic (exact) mass is 426 g/mol. The van der Waals surface area contributed by atoms with E-state index in [-0.39, 0.29) is 5.91 Å². The molecule has 1 fully saturated rings. The summed E-state index contributed by atoms with van der Waals surface area (Å²) >= 11 is 0. The van der Waals surface area contributed by atoms with Gasteiger partial charge in [0.1, 0.15) is 5.75 Å². The first-order chi connectivity index (χ1) is 15.2. The number of amides is 1. The highest BCUT2D eigenvalue weighted by Crippen LogP contribution is 2.23. The molecule has 4 rings (SSSR count). The van der Waals surface area contributed by atoms with Crippen molar-refractivity contribution < 1.29 is 14.3 Å². The molecule has 2 aliphatic heterocycles. The van der Waals surface area contributed by atoms with E-state index in [4.69, 9.17) is 14.6 Å². The van der Waals surface area contributed by atoms with Gasteiger partial charge in [-0.15, -0.1) is 0 Å². The Morgan fingerprint density at radius 2 is 2.13 bits per heavy atom. The van der Waals surface area contributed by atoms with Crippen LogP contribution in [0.2, 0.25) is 0 Å². The first kappa shape index (κ1) is 21.8. The third kappa shape index (κ3) is 5.28. The highest BCUT2D eigenvalue weighted by Gasteiger charge is 2.24. The Bertz CT molecular complexity index is 895. The van der Waals surface area contributed by atoms with E-state index >= 15 is 0 Å². The number of hydrogen-bond acceptors (Lipinski definition) is 5. The second kappa shape index (κ2) is 10.3. The van der Waals surface area contributed by atoms with Gasteiger partial charge in [-0.05, 0) is 37.5 Å². The van der Waals surface area contributed by atoms with Gasteiger partial charge in [-0.25, -0.2) is 0 Å². The SMILES string of the molecule is CCn1nc(CN2CCCN(C(=O)CCc3cccc(OC)c3)CC2)c2c1CCOC2. The summed E-state index contributed by atoms with van der Waals surface area (Å²) in [7, 11) is 1.67. The second-order valence-corrected chi connectivity index (χ2v) is 8.35. The van der Waals surface area contributed by atoms with Gasteiger partial charge in [-0.2, -0.15) is 5.10 Å². The van der Waals surface area contributed by atoms with Gasteiger partial charge in [-0.3, -0.25) is 14.4 Å². The van der Waals surface area contributed by atoms with Crippen molar-refractivity contribution in [3.63, 3.8) is 0 Å². The largest absolute Gasteiger partial charge is 0.497 e. The Morgan fingerprint density at radius 1 is 1.23 bits per heavy atom. The molecule has 3 heterocycles. The van der Waals surface area contributed by atoms with Crippen molar-refractivity contribution in [1.82, 2.24) is 19.6 Å². The minimum absolute atomic E-state index is 0.241. The lowest BCUT2D eigenvalue weighted by Gasteiger charge is -2.22. The van der Waals surface area contributed by atoms with Gasteiger partial charge in [0.15, 0.2) is 0 Å². The van der Waals surface area contributed by atoms with Crippen LogP contribution in [0.25, 0.3) is 0 Å². The van der Waals surface area contributed by atoms with Gasteiger partial charge in [0, 0.05) is 63.4 Å². The van der Waals surface area contributed by atoms with Crippen LogP contribution in [0.1, 0.15) is 42.3 Å². The van der Waals surface area contributed by atoms with Crippen LogP contribution >= 0.6 is 0 Å². The number of carbonyl (C=O) groups excluding carboxylic acids is 1. The number of methoxy groups -OCH3 is 1. The minimum atomic E-state index is 0.241. The number of carbonyl (C=O) groups is 1. The van der Waals surface area contributed by atoms with E-state index in [2.05, 4.69) is 22.6 Å². The van der Waals surface area contributed by atoms with E-state index in [1.54, 1.807) is 7.11 Å². The normalized spacial score (nSPS) is 17.3. The fourth-order valence-electron chi connectivity index (χ4n) is 4.59. The predicted molar refractivity (Wildman–Crippen MR) is 119 cm³/mol. The van der Waals surface area contributed by atoms with Gasteiger partial charge in [0.2, 0.25) is 5.91 Å². The average molecular weight is 427 g/mol. The lowest BCUT2D eigenvalue weighted by Crippen LogP contribution is -2.35. The Kier molecular flexibility index (Phi) is 7.25. The lowest BCUT2D eigenvalue weighted by atomic mass is 10.1. The van der Waals surface area contributed by atoms with Crippen molar-refractivity contribution in [2.24, 2.45) is 0 Å². The Morgan fingerprint density at radius 3 is 2.97 bits per heavy atom. The summed E-state index contributed by atoms with van der Waals surface area (Å²) in [6.07, 6.45) is 3.24. The fraction of sp³-hybridized carbons (Fsp3) is 0.583. The molecule has 7 heteroatoms. The third-order valence-corrected chi connectivity index (χ3v) is 6.36. The third-order valence-electron chi connectivity index (χ3n) is 6.36. The highest BCUT2D eigenvalue weighted by molar-refractivity contribution is 5.76. The first-order valence-electron chi connectivity index (χ1n) is 11.5. The number of aryl methyl sites for hydroxylation is 2. The van der Waals surface area contributed by atoms with Gasteiger partial charge >= 0.3 is 0 Å². The highest BCUT2D eigenvalue weighted by atomic mass is 16.5. The maximum Gasteiger partial charge on any atom is 0.222 e. The summed E-state index contributed by atoms with van der Waals surface area (Å²) < 4.78 is 13.1. The lowest BCUT2D eigenvalue weighted by molar-refractivity contribution is -0.131. The molecule has 0 bridgehead atoms. The number of rotatable bonds is 7. The Hall–Kier alpha value is -2.38. The number of fused-ring (bicyclic) bond motifs is 1. The van der Waals surface area contributed by atoms with Crippen LogP contribution in [0.4, 0.5) is 0 Å². The van der Waals surface area contributed by atoms with E-state index in [1.165, 1.54) is 11.3 Å². The second-order valence-electron chi connectivity index (χ2n) is 8.35. The van der Waals surface area contributed by atoms with E-state index < -0.39 is 0 Å². The van der Waals surface area contributed by atoms with Crippen LogP contribution in [-0.2, 0) is 42.1 Å². The molecule has 2 aliphatic rings. The number of ether oxygens (including phenoxy) is 2. The molecule has 1 amide bonds. The molecule has 0 spiro atoms. The fourth-order valence-corrected chi connectivity index (χ4v) is 4.59. The zero-order valence-corrected chi connectivity index (χ0v) is 18.8. The molecular weight excluding hydrogens is 392 g/mol. The molecule has 0 aliphatic carbocycles. The number of hydrogen-bond donors (Lipinski definition) is 0.